The van der Waals surface area contributed by atoms with Crippen LogP contribution in [0.2, 0.25) is 0 Å². The quantitative estimate of drug-likeness (QED) is 0.447. The number of urea groups is 1. The molecule has 6 nitrogen and oxygen atoms in total. The maximum Gasteiger partial charge on any atom is 0.315 e. The van der Waals surface area contributed by atoms with Crippen molar-refractivity contribution in [3.8, 4) is 17.2 Å². The molecule has 0 aliphatic heterocycles. The molecule has 0 aliphatic rings. The maximum atomic E-state index is 12.2. The lowest BCUT2D eigenvalue weighted by atomic mass is 9.87. The summed E-state index contributed by atoms with van der Waals surface area (Å²) in [5.74, 6) is 2.09. The molecule has 1 atom stereocenters. The second-order valence-electron chi connectivity index (χ2n) is 8.33. The summed E-state index contributed by atoms with van der Waals surface area (Å²) >= 11 is 3.58. The number of amides is 2. The highest BCUT2D eigenvalue weighted by Gasteiger charge is 2.15. The number of rotatable bonds is 9. The van der Waals surface area contributed by atoms with Crippen LogP contribution in [0.15, 0.2) is 40.9 Å². The van der Waals surface area contributed by atoms with Crippen LogP contribution in [0.1, 0.15) is 51.3 Å². The van der Waals surface area contributed by atoms with E-state index in [-0.39, 0.29) is 17.5 Å². The molecule has 0 aromatic heterocycles. The van der Waals surface area contributed by atoms with Crippen molar-refractivity contribution in [1.29, 1.82) is 0 Å². The number of ether oxygens (including phenoxy) is 3. The van der Waals surface area contributed by atoms with E-state index in [4.69, 9.17) is 14.2 Å². The second-order valence-corrected chi connectivity index (χ2v) is 9.19. The average molecular weight is 493 g/mol. The highest BCUT2D eigenvalue weighted by Crippen LogP contribution is 2.32. The molecular formula is C24H33BrN2O4. The summed E-state index contributed by atoms with van der Waals surface area (Å²) in [4.78, 5) is 12.2. The van der Waals surface area contributed by atoms with Crippen molar-refractivity contribution >= 4 is 22.0 Å². The smallest absolute Gasteiger partial charge is 0.315 e. The fourth-order valence-electron chi connectivity index (χ4n) is 2.99. The number of hydrogen-bond donors (Lipinski definition) is 2. The first-order valence-electron chi connectivity index (χ1n) is 10.3. The Morgan fingerprint density at radius 2 is 1.71 bits per heavy atom. The summed E-state index contributed by atoms with van der Waals surface area (Å²) in [6, 6.07) is 11.4. The molecular weight excluding hydrogens is 460 g/mol. The molecule has 0 bridgehead atoms. The minimum absolute atomic E-state index is 0.0897. The minimum atomic E-state index is -0.224. The zero-order valence-corrected chi connectivity index (χ0v) is 20.8. The molecule has 31 heavy (non-hydrogen) atoms. The molecule has 0 radical (unpaired) electrons. The molecule has 2 N–H and O–H groups in total. The minimum Gasteiger partial charge on any atom is -0.493 e. The van der Waals surface area contributed by atoms with E-state index in [1.807, 2.05) is 31.2 Å². The van der Waals surface area contributed by atoms with Gasteiger partial charge < -0.3 is 24.8 Å². The van der Waals surface area contributed by atoms with E-state index in [9.17, 15) is 4.79 Å². The van der Waals surface area contributed by atoms with Crippen molar-refractivity contribution in [1.82, 2.24) is 10.6 Å². The summed E-state index contributed by atoms with van der Waals surface area (Å²) in [5.41, 5.74) is 2.26. The van der Waals surface area contributed by atoms with Crippen LogP contribution < -0.4 is 24.8 Å². The van der Waals surface area contributed by atoms with Crippen molar-refractivity contribution in [3.05, 3.63) is 52.0 Å². The van der Waals surface area contributed by atoms with Crippen LogP contribution in [-0.4, -0.2) is 33.4 Å². The third-order valence-corrected chi connectivity index (χ3v) is 5.54. The van der Waals surface area contributed by atoms with E-state index in [2.05, 4.69) is 59.5 Å². The Bertz CT molecular complexity index is 880. The molecule has 2 aromatic carbocycles. The van der Waals surface area contributed by atoms with Crippen LogP contribution in [0.25, 0.3) is 0 Å². The first-order valence-corrected chi connectivity index (χ1v) is 11.1. The molecule has 0 fully saturated rings. The number of benzene rings is 2. The molecule has 2 aromatic rings. The SMILES string of the molecule is COc1ccc(C(C)NC(=O)NCCCOc2ccc(C(C)(C)C)cc2Br)cc1OC. The number of methoxy groups -OCH3 is 2. The van der Waals surface area contributed by atoms with E-state index < -0.39 is 0 Å². The molecule has 2 rings (SSSR count). The van der Waals surface area contributed by atoms with E-state index in [1.165, 1.54) is 5.56 Å². The van der Waals surface area contributed by atoms with Gasteiger partial charge in [-0.15, -0.1) is 0 Å². The summed E-state index contributed by atoms with van der Waals surface area (Å²) in [7, 11) is 3.18. The van der Waals surface area contributed by atoms with Crippen molar-refractivity contribution in [2.75, 3.05) is 27.4 Å². The van der Waals surface area contributed by atoms with Gasteiger partial charge in [-0.05, 0) is 70.1 Å². The summed E-state index contributed by atoms with van der Waals surface area (Å²) < 4.78 is 17.3. The van der Waals surface area contributed by atoms with Gasteiger partial charge in [0.2, 0.25) is 0 Å². The molecule has 170 valence electrons. The van der Waals surface area contributed by atoms with Crippen molar-refractivity contribution in [2.45, 2.75) is 45.6 Å². The number of hydrogen-bond acceptors (Lipinski definition) is 4. The van der Waals surface area contributed by atoms with Crippen molar-refractivity contribution in [2.24, 2.45) is 0 Å². The van der Waals surface area contributed by atoms with Crippen LogP contribution in [0.5, 0.6) is 17.2 Å². The zero-order valence-electron chi connectivity index (χ0n) is 19.2. The molecule has 0 aliphatic carbocycles. The molecule has 0 saturated carbocycles. The van der Waals surface area contributed by atoms with E-state index in [0.29, 0.717) is 31.1 Å². The Balaban J connectivity index is 1.75. The fourth-order valence-corrected chi connectivity index (χ4v) is 3.49. The molecule has 0 spiro atoms. The van der Waals surface area contributed by atoms with Gasteiger partial charge in [-0.3, -0.25) is 0 Å². The third kappa shape index (κ3) is 7.35. The Morgan fingerprint density at radius 3 is 2.32 bits per heavy atom. The van der Waals surface area contributed by atoms with Crippen LogP contribution in [-0.2, 0) is 5.41 Å². The van der Waals surface area contributed by atoms with Gasteiger partial charge in [0.15, 0.2) is 11.5 Å². The molecule has 7 heteroatoms. The summed E-state index contributed by atoms with van der Waals surface area (Å²) in [6.07, 6.45) is 0.700. The van der Waals surface area contributed by atoms with Gasteiger partial charge >= 0.3 is 6.03 Å². The normalized spacial score (nSPS) is 12.1. The Kier molecular flexibility index (Phi) is 9.04. The van der Waals surface area contributed by atoms with Crippen LogP contribution in [0.4, 0.5) is 4.79 Å². The summed E-state index contributed by atoms with van der Waals surface area (Å²) in [6.45, 7) is 9.48. The van der Waals surface area contributed by atoms with Crippen LogP contribution in [0.3, 0.4) is 0 Å². The number of halogens is 1. The predicted octanol–water partition coefficient (Wildman–Crippen LogP) is 5.59. The number of carbonyl (C=O) groups excluding carboxylic acids is 1. The Hall–Kier alpha value is -2.41. The van der Waals surface area contributed by atoms with Crippen molar-refractivity contribution < 1.29 is 19.0 Å². The van der Waals surface area contributed by atoms with Crippen LogP contribution in [0, 0.1) is 0 Å². The molecule has 1 unspecified atom stereocenters. The molecule has 0 saturated heterocycles. The Morgan fingerprint density at radius 1 is 1.03 bits per heavy atom. The van der Waals surface area contributed by atoms with Gasteiger partial charge in [0, 0.05) is 6.54 Å². The lowest BCUT2D eigenvalue weighted by Gasteiger charge is -2.20. The first kappa shape index (κ1) is 24.9. The van der Waals surface area contributed by atoms with Gasteiger partial charge in [-0.1, -0.05) is 32.9 Å². The second kappa shape index (κ2) is 11.3. The maximum absolute atomic E-state index is 12.2. The van der Waals surface area contributed by atoms with Gasteiger partial charge in [0.05, 0.1) is 31.3 Å². The monoisotopic (exact) mass is 492 g/mol. The van der Waals surface area contributed by atoms with E-state index in [1.54, 1.807) is 14.2 Å². The van der Waals surface area contributed by atoms with Gasteiger partial charge in [0.25, 0.3) is 0 Å². The lowest BCUT2D eigenvalue weighted by molar-refractivity contribution is 0.236. The highest BCUT2D eigenvalue weighted by molar-refractivity contribution is 9.10. The first-order chi connectivity index (χ1) is 14.7. The number of nitrogens with one attached hydrogen (secondary N) is 2. The zero-order chi connectivity index (χ0) is 23.0. The molecule has 0 heterocycles. The highest BCUT2D eigenvalue weighted by atomic mass is 79.9. The summed E-state index contributed by atoms with van der Waals surface area (Å²) in [5, 5.41) is 5.79. The standard InChI is InChI=1S/C24H33BrN2O4/c1-16(17-8-10-21(29-5)22(14-17)30-6)27-23(28)26-12-7-13-31-20-11-9-18(15-19(20)25)24(2,3)4/h8-11,14-16H,7,12-13H2,1-6H3,(H2,26,27,28). The van der Waals surface area contributed by atoms with Gasteiger partial charge in [0.1, 0.15) is 5.75 Å². The van der Waals surface area contributed by atoms with E-state index in [0.717, 1.165) is 15.8 Å². The number of carbonyl (C=O) groups is 1. The van der Waals surface area contributed by atoms with Crippen molar-refractivity contribution in [3.63, 3.8) is 0 Å². The third-order valence-electron chi connectivity index (χ3n) is 4.92. The van der Waals surface area contributed by atoms with Gasteiger partial charge in [-0.25, -0.2) is 4.79 Å². The van der Waals surface area contributed by atoms with Gasteiger partial charge in [-0.2, -0.15) is 0 Å². The fraction of sp³-hybridized carbons (Fsp3) is 0.458. The largest absolute Gasteiger partial charge is 0.493 e. The topological polar surface area (TPSA) is 68.8 Å². The van der Waals surface area contributed by atoms with E-state index >= 15 is 0 Å². The molecule has 2 amide bonds. The Labute approximate surface area is 193 Å². The average Bonchev–Trinajstić information content (AvgIpc) is 2.73. The van der Waals surface area contributed by atoms with Crippen LogP contribution >= 0.6 is 15.9 Å². The predicted molar refractivity (Wildman–Crippen MR) is 127 cm³/mol. The lowest BCUT2D eigenvalue weighted by Crippen LogP contribution is -2.37.